The summed E-state index contributed by atoms with van der Waals surface area (Å²) in [5.74, 6) is 1.03. The van der Waals surface area contributed by atoms with E-state index >= 15 is 0 Å². The van der Waals surface area contributed by atoms with Gasteiger partial charge < -0.3 is 15.6 Å². The lowest BCUT2D eigenvalue weighted by atomic mass is 10.0. The molecule has 2 aromatic rings. The minimum absolute atomic E-state index is 0. The molecule has 0 aliphatic rings. The Bertz CT molecular complexity index is 676. The third-order valence-electron chi connectivity index (χ3n) is 3.77. The minimum atomic E-state index is -0.313. The predicted molar refractivity (Wildman–Crippen MR) is 100 cm³/mol. The second-order valence-corrected chi connectivity index (χ2v) is 6.50. The molecule has 1 aromatic carbocycles. The summed E-state index contributed by atoms with van der Waals surface area (Å²) in [6.45, 7) is 4.64. The molecule has 1 heterocycles. The van der Waals surface area contributed by atoms with Crippen LogP contribution in [0.4, 0.5) is 4.39 Å². The van der Waals surface area contributed by atoms with Crippen molar-refractivity contribution in [3.8, 4) is 11.4 Å². The molecular weight excluding hydrogens is 359 g/mol. The summed E-state index contributed by atoms with van der Waals surface area (Å²) in [5.41, 5.74) is 6.37. The summed E-state index contributed by atoms with van der Waals surface area (Å²) in [6, 6.07) is 5.90. The molecule has 26 heavy (non-hydrogen) atoms. The second kappa shape index (κ2) is 10.9. The van der Waals surface area contributed by atoms with Gasteiger partial charge in [0.15, 0.2) is 0 Å². The van der Waals surface area contributed by atoms with Gasteiger partial charge >= 0.3 is 0 Å². The van der Waals surface area contributed by atoms with Gasteiger partial charge in [-0.1, -0.05) is 19.0 Å². The van der Waals surface area contributed by atoms with Crippen molar-refractivity contribution < 1.29 is 13.7 Å². The number of nitrogens with two attached hydrogens (primary N) is 1. The first-order valence-electron chi connectivity index (χ1n) is 8.56. The number of aromatic nitrogens is 2. The summed E-state index contributed by atoms with van der Waals surface area (Å²) < 4.78 is 18.1. The summed E-state index contributed by atoms with van der Waals surface area (Å²) >= 11 is 0. The van der Waals surface area contributed by atoms with Gasteiger partial charge in [-0.25, -0.2) is 4.39 Å². The normalized spacial score (nSPS) is 11.9. The van der Waals surface area contributed by atoms with Crippen LogP contribution in [-0.2, 0) is 11.2 Å². The van der Waals surface area contributed by atoms with Gasteiger partial charge in [0.2, 0.25) is 17.6 Å². The maximum atomic E-state index is 12.9. The highest BCUT2D eigenvalue weighted by molar-refractivity contribution is 5.85. The van der Waals surface area contributed by atoms with Crippen molar-refractivity contribution in [1.29, 1.82) is 0 Å². The molecule has 144 valence electrons. The largest absolute Gasteiger partial charge is 0.352 e. The van der Waals surface area contributed by atoms with Crippen LogP contribution in [0, 0.1) is 11.7 Å². The van der Waals surface area contributed by atoms with Crippen LogP contribution in [0.15, 0.2) is 28.8 Å². The van der Waals surface area contributed by atoms with Crippen molar-refractivity contribution in [3.05, 3.63) is 36.0 Å². The van der Waals surface area contributed by atoms with Crippen molar-refractivity contribution >= 4 is 18.3 Å². The molecular formula is C18H26ClFN4O2. The van der Waals surface area contributed by atoms with E-state index in [2.05, 4.69) is 29.3 Å². The summed E-state index contributed by atoms with van der Waals surface area (Å²) in [4.78, 5) is 16.2. The van der Waals surface area contributed by atoms with E-state index < -0.39 is 0 Å². The first-order chi connectivity index (χ1) is 12.0. The van der Waals surface area contributed by atoms with Crippen LogP contribution in [0.25, 0.3) is 11.4 Å². The molecule has 0 bridgehead atoms. The lowest BCUT2D eigenvalue weighted by Gasteiger charge is -2.18. The molecule has 1 aromatic heterocycles. The zero-order chi connectivity index (χ0) is 18.2. The maximum absolute atomic E-state index is 12.9. The Morgan fingerprint density at radius 3 is 2.62 bits per heavy atom. The molecule has 1 atom stereocenters. The first kappa shape index (κ1) is 22.1. The second-order valence-electron chi connectivity index (χ2n) is 6.50. The standard InChI is InChI=1S/C18H25FN4O2.ClH/c1-12(2)10-15(11-20)21-16(24)4-3-5-17-22-18(23-25-17)13-6-8-14(19)9-7-13;/h6-9,12,15H,3-5,10-11,20H2,1-2H3,(H,21,24);1H. The number of nitrogens with one attached hydrogen (secondary N) is 1. The van der Waals surface area contributed by atoms with Gasteiger partial charge in [0, 0.05) is 31.0 Å². The number of halogens is 2. The molecule has 1 amide bonds. The molecule has 0 aliphatic heterocycles. The highest BCUT2D eigenvalue weighted by Gasteiger charge is 2.13. The average Bonchev–Trinajstić information content (AvgIpc) is 3.03. The van der Waals surface area contributed by atoms with Gasteiger partial charge in [0.1, 0.15) is 5.82 Å². The van der Waals surface area contributed by atoms with E-state index in [9.17, 15) is 9.18 Å². The van der Waals surface area contributed by atoms with Gasteiger partial charge in [-0.2, -0.15) is 4.98 Å². The third-order valence-corrected chi connectivity index (χ3v) is 3.77. The van der Waals surface area contributed by atoms with Crippen LogP contribution in [0.3, 0.4) is 0 Å². The fourth-order valence-corrected chi connectivity index (χ4v) is 2.56. The van der Waals surface area contributed by atoms with Crippen LogP contribution in [0.2, 0.25) is 0 Å². The monoisotopic (exact) mass is 384 g/mol. The molecule has 0 fully saturated rings. The van der Waals surface area contributed by atoms with Crippen molar-refractivity contribution in [1.82, 2.24) is 15.5 Å². The molecule has 6 nitrogen and oxygen atoms in total. The van der Waals surface area contributed by atoms with E-state index in [0.717, 1.165) is 6.42 Å². The molecule has 0 spiro atoms. The van der Waals surface area contributed by atoms with E-state index in [-0.39, 0.29) is 30.2 Å². The topological polar surface area (TPSA) is 94.0 Å². The number of nitrogens with zero attached hydrogens (tertiary/aromatic N) is 2. The van der Waals surface area contributed by atoms with Crippen LogP contribution < -0.4 is 11.1 Å². The Balaban J connectivity index is 0.00000338. The van der Waals surface area contributed by atoms with Crippen molar-refractivity contribution in [3.63, 3.8) is 0 Å². The van der Waals surface area contributed by atoms with Crippen molar-refractivity contribution in [2.24, 2.45) is 11.7 Å². The fraction of sp³-hybridized carbons (Fsp3) is 0.500. The van der Waals surface area contributed by atoms with Crippen LogP contribution in [0.5, 0.6) is 0 Å². The molecule has 1 unspecified atom stereocenters. The minimum Gasteiger partial charge on any atom is -0.352 e. The number of hydrogen-bond donors (Lipinski definition) is 2. The predicted octanol–water partition coefficient (Wildman–Crippen LogP) is 3.11. The van der Waals surface area contributed by atoms with Crippen molar-refractivity contribution in [2.45, 2.75) is 45.6 Å². The van der Waals surface area contributed by atoms with E-state index in [1.165, 1.54) is 12.1 Å². The van der Waals surface area contributed by atoms with Crippen LogP contribution >= 0.6 is 12.4 Å². The van der Waals surface area contributed by atoms with Crippen LogP contribution in [-0.4, -0.2) is 28.6 Å². The van der Waals surface area contributed by atoms with Gasteiger partial charge in [0.05, 0.1) is 0 Å². The number of carbonyl (C=O) groups is 1. The Morgan fingerprint density at radius 1 is 1.31 bits per heavy atom. The highest BCUT2D eigenvalue weighted by Crippen LogP contribution is 2.16. The molecule has 2 rings (SSSR count). The first-order valence-corrected chi connectivity index (χ1v) is 8.56. The fourth-order valence-electron chi connectivity index (χ4n) is 2.56. The molecule has 0 saturated heterocycles. The molecule has 0 saturated carbocycles. The zero-order valence-corrected chi connectivity index (χ0v) is 15.9. The average molecular weight is 385 g/mol. The maximum Gasteiger partial charge on any atom is 0.226 e. The Hall–Kier alpha value is -1.99. The smallest absolute Gasteiger partial charge is 0.226 e. The van der Waals surface area contributed by atoms with Crippen molar-refractivity contribution in [2.75, 3.05) is 6.54 Å². The summed E-state index contributed by atoms with van der Waals surface area (Å²) in [6.07, 6.45) is 2.37. The zero-order valence-electron chi connectivity index (χ0n) is 15.1. The van der Waals surface area contributed by atoms with E-state index in [1.54, 1.807) is 12.1 Å². The number of amides is 1. The van der Waals surface area contributed by atoms with Crippen LogP contribution in [0.1, 0.15) is 39.0 Å². The lowest BCUT2D eigenvalue weighted by Crippen LogP contribution is -2.40. The lowest BCUT2D eigenvalue weighted by molar-refractivity contribution is -0.121. The van der Waals surface area contributed by atoms with E-state index in [4.69, 9.17) is 10.3 Å². The molecule has 0 radical (unpaired) electrons. The quantitative estimate of drug-likeness (QED) is 0.692. The molecule has 3 N–H and O–H groups in total. The number of benzene rings is 1. The summed E-state index contributed by atoms with van der Waals surface area (Å²) in [5, 5.41) is 6.84. The number of rotatable bonds is 9. The number of aryl methyl sites for hydroxylation is 1. The van der Waals surface area contributed by atoms with Gasteiger partial charge in [-0.3, -0.25) is 4.79 Å². The SMILES string of the molecule is CC(C)CC(CN)NC(=O)CCCc1nc(-c2ccc(F)cc2)no1.Cl. The molecule has 0 aliphatic carbocycles. The Kier molecular flexibility index (Phi) is 9.23. The van der Waals surface area contributed by atoms with Gasteiger partial charge in [-0.05, 0) is 43.0 Å². The van der Waals surface area contributed by atoms with Gasteiger partial charge in [0.25, 0.3) is 0 Å². The molecule has 8 heteroatoms. The van der Waals surface area contributed by atoms with Gasteiger partial charge in [-0.15, -0.1) is 12.4 Å². The Morgan fingerprint density at radius 2 is 2.00 bits per heavy atom. The van der Waals surface area contributed by atoms with E-state index in [0.29, 0.717) is 49.0 Å². The number of carbonyl (C=O) groups excluding carboxylic acids is 1. The highest BCUT2D eigenvalue weighted by atomic mass is 35.5. The van der Waals surface area contributed by atoms with E-state index in [1.807, 2.05) is 0 Å². The Labute approximate surface area is 159 Å². The number of hydrogen-bond acceptors (Lipinski definition) is 5. The third kappa shape index (κ3) is 7.09. The summed E-state index contributed by atoms with van der Waals surface area (Å²) in [7, 11) is 0.